The molecular formula is C12H14N2O2S. The van der Waals surface area contributed by atoms with Gasteiger partial charge >= 0.3 is 0 Å². The Hall–Kier alpha value is -1.49. The molecule has 1 aliphatic heterocycles. The summed E-state index contributed by atoms with van der Waals surface area (Å²) < 4.78 is 0. The molecule has 4 nitrogen and oxygen atoms in total. The molecule has 0 fully saturated rings. The SMILES string of the molecule is CCN(C)C(=O)c1ccc2c(c1)NC(=O)CS2. The summed E-state index contributed by atoms with van der Waals surface area (Å²) in [6.07, 6.45) is 0. The highest BCUT2D eigenvalue weighted by molar-refractivity contribution is 8.00. The third kappa shape index (κ3) is 2.44. The number of carbonyl (C=O) groups is 2. The van der Waals surface area contributed by atoms with E-state index >= 15 is 0 Å². The Morgan fingerprint density at radius 1 is 1.53 bits per heavy atom. The van der Waals surface area contributed by atoms with Crippen LogP contribution in [0.15, 0.2) is 23.1 Å². The van der Waals surface area contributed by atoms with E-state index in [0.717, 1.165) is 10.6 Å². The predicted octanol–water partition coefficient (Wildman–Crippen LogP) is 1.82. The van der Waals surface area contributed by atoms with Crippen LogP contribution in [0.5, 0.6) is 0 Å². The topological polar surface area (TPSA) is 49.4 Å². The molecule has 0 saturated heterocycles. The van der Waals surface area contributed by atoms with Crippen LogP contribution in [0.1, 0.15) is 17.3 Å². The lowest BCUT2D eigenvalue weighted by Crippen LogP contribution is -2.26. The molecule has 0 atom stereocenters. The van der Waals surface area contributed by atoms with E-state index in [0.29, 0.717) is 17.9 Å². The minimum atomic E-state index is -0.0277. The highest BCUT2D eigenvalue weighted by atomic mass is 32.2. The summed E-state index contributed by atoms with van der Waals surface area (Å²) in [6, 6.07) is 5.43. The van der Waals surface area contributed by atoms with E-state index in [9.17, 15) is 9.59 Å². The summed E-state index contributed by atoms with van der Waals surface area (Å²) in [5.41, 5.74) is 1.34. The van der Waals surface area contributed by atoms with Gasteiger partial charge < -0.3 is 10.2 Å². The number of nitrogens with one attached hydrogen (secondary N) is 1. The number of rotatable bonds is 2. The summed E-state index contributed by atoms with van der Waals surface area (Å²) in [5.74, 6) is 0.394. The first-order chi connectivity index (χ1) is 8.11. The predicted molar refractivity (Wildman–Crippen MR) is 68.4 cm³/mol. The molecule has 17 heavy (non-hydrogen) atoms. The van der Waals surface area contributed by atoms with Gasteiger partial charge in [-0.2, -0.15) is 0 Å². The Labute approximate surface area is 104 Å². The quantitative estimate of drug-likeness (QED) is 0.871. The van der Waals surface area contributed by atoms with E-state index in [4.69, 9.17) is 0 Å². The molecule has 0 saturated carbocycles. The molecule has 2 amide bonds. The number of thioether (sulfide) groups is 1. The van der Waals surface area contributed by atoms with Crippen molar-refractivity contribution in [3.63, 3.8) is 0 Å². The van der Waals surface area contributed by atoms with Gasteiger partial charge in [0, 0.05) is 24.1 Å². The van der Waals surface area contributed by atoms with Crippen LogP contribution >= 0.6 is 11.8 Å². The monoisotopic (exact) mass is 250 g/mol. The lowest BCUT2D eigenvalue weighted by Gasteiger charge is -2.19. The first-order valence-electron chi connectivity index (χ1n) is 5.44. The number of fused-ring (bicyclic) bond motifs is 1. The van der Waals surface area contributed by atoms with Gasteiger partial charge in [0.05, 0.1) is 11.4 Å². The van der Waals surface area contributed by atoms with Crippen molar-refractivity contribution in [2.24, 2.45) is 0 Å². The number of carbonyl (C=O) groups excluding carboxylic acids is 2. The van der Waals surface area contributed by atoms with Crippen molar-refractivity contribution in [1.82, 2.24) is 4.90 Å². The van der Waals surface area contributed by atoms with Gasteiger partial charge in [0.1, 0.15) is 0 Å². The third-order valence-electron chi connectivity index (χ3n) is 2.68. The number of anilines is 1. The molecule has 1 aromatic carbocycles. The first kappa shape index (κ1) is 12.0. The fourth-order valence-corrected chi connectivity index (χ4v) is 2.37. The second-order valence-electron chi connectivity index (χ2n) is 3.87. The Morgan fingerprint density at radius 2 is 2.29 bits per heavy atom. The summed E-state index contributed by atoms with van der Waals surface area (Å²) in [4.78, 5) is 25.9. The van der Waals surface area contributed by atoms with Crippen LogP contribution in [0, 0.1) is 0 Å². The number of benzene rings is 1. The molecule has 0 aromatic heterocycles. The van der Waals surface area contributed by atoms with Crippen molar-refractivity contribution in [3.8, 4) is 0 Å². The molecule has 0 unspecified atom stereocenters. The smallest absolute Gasteiger partial charge is 0.253 e. The normalized spacial score (nSPS) is 13.9. The lowest BCUT2D eigenvalue weighted by molar-refractivity contribution is -0.113. The average Bonchev–Trinajstić information content (AvgIpc) is 2.36. The highest BCUT2D eigenvalue weighted by Gasteiger charge is 2.18. The number of hydrogen-bond donors (Lipinski definition) is 1. The average molecular weight is 250 g/mol. The van der Waals surface area contributed by atoms with Crippen molar-refractivity contribution < 1.29 is 9.59 Å². The molecule has 0 bridgehead atoms. The molecule has 0 spiro atoms. The maximum atomic E-state index is 11.9. The molecular weight excluding hydrogens is 236 g/mol. The molecule has 0 radical (unpaired) electrons. The van der Waals surface area contributed by atoms with Crippen molar-refractivity contribution in [2.75, 3.05) is 24.7 Å². The van der Waals surface area contributed by atoms with E-state index in [1.165, 1.54) is 11.8 Å². The standard InChI is InChI=1S/C12H14N2O2S/c1-3-14(2)12(16)8-4-5-10-9(6-8)13-11(15)7-17-10/h4-6H,3,7H2,1-2H3,(H,13,15). The van der Waals surface area contributed by atoms with Crippen LogP contribution in [0.25, 0.3) is 0 Å². The molecule has 90 valence electrons. The summed E-state index contributed by atoms with van der Waals surface area (Å²) in [7, 11) is 1.76. The van der Waals surface area contributed by atoms with E-state index in [2.05, 4.69) is 5.32 Å². The van der Waals surface area contributed by atoms with Crippen molar-refractivity contribution >= 4 is 29.3 Å². The van der Waals surface area contributed by atoms with Crippen molar-refractivity contribution in [1.29, 1.82) is 0 Å². The van der Waals surface area contributed by atoms with Crippen molar-refractivity contribution in [2.45, 2.75) is 11.8 Å². The lowest BCUT2D eigenvalue weighted by atomic mass is 10.1. The van der Waals surface area contributed by atoms with Gasteiger partial charge in [0.25, 0.3) is 5.91 Å². The summed E-state index contributed by atoms with van der Waals surface area (Å²) >= 11 is 1.49. The maximum Gasteiger partial charge on any atom is 0.253 e. The van der Waals surface area contributed by atoms with Gasteiger partial charge in [-0.05, 0) is 25.1 Å². The van der Waals surface area contributed by atoms with E-state index < -0.39 is 0 Å². The number of nitrogens with zero attached hydrogens (tertiary/aromatic N) is 1. The molecule has 1 aliphatic rings. The zero-order valence-corrected chi connectivity index (χ0v) is 10.6. The Balaban J connectivity index is 2.30. The fraction of sp³-hybridized carbons (Fsp3) is 0.333. The van der Waals surface area contributed by atoms with Gasteiger partial charge in [-0.15, -0.1) is 11.8 Å². The Morgan fingerprint density at radius 3 is 3.00 bits per heavy atom. The molecule has 1 N–H and O–H groups in total. The minimum absolute atomic E-state index is 0.0176. The van der Waals surface area contributed by atoms with Crippen LogP contribution in [0.4, 0.5) is 5.69 Å². The Bertz CT molecular complexity index is 474. The first-order valence-corrected chi connectivity index (χ1v) is 6.42. The molecule has 1 aromatic rings. The highest BCUT2D eigenvalue weighted by Crippen LogP contribution is 2.32. The van der Waals surface area contributed by atoms with Gasteiger partial charge in [-0.1, -0.05) is 0 Å². The number of hydrogen-bond acceptors (Lipinski definition) is 3. The van der Waals surface area contributed by atoms with Crippen LogP contribution in [-0.2, 0) is 4.79 Å². The van der Waals surface area contributed by atoms with Gasteiger partial charge in [-0.25, -0.2) is 0 Å². The van der Waals surface area contributed by atoms with Crippen LogP contribution in [0.2, 0.25) is 0 Å². The molecule has 5 heteroatoms. The van der Waals surface area contributed by atoms with Crippen LogP contribution < -0.4 is 5.32 Å². The fourth-order valence-electron chi connectivity index (χ4n) is 1.58. The minimum Gasteiger partial charge on any atom is -0.342 e. The zero-order chi connectivity index (χ0) is 12.4. The largest absolute Gasteiger partial charge is 0.342 e. The van der Waals surface area contributed by atoms with Crippen molar-refractivity contribution in [3.05, 3.63) is 23.8 Å². The van der Waals surface area contributed by atoms with E-state index in [-0.39, 0.29) is 11.8 Å². The second kappa shape index (κ2) is 4.79. The molecule has 2 rings (SSSR count). The molecule has 1 heterocycles. The van der Waals surface area contributed by atoms with E-state index in [1.807, 2.05) is 13.0 Å². The number of amides is 2. The summed E-state index contributed by atoms with van der Waals surface area (Å²) in [5, 5.41) is 2.78. The van der Waals surface area contributed by atoms with Crippen LogP contribution in [0.3, 0.4) is 0 Å². The van der Waals surface area contributed by atoms with Gasteiger partial charge in [-0.3, -0.25) is 9.59 Å². The van der Waals surface area contributed by atoms with Gasteiger partial charge in [0.15, 0.2) is 0 Å². The van der Waals surface area contributed by atoms with E-state index in [1.54, 1.807) is 24.1 Å². The molecule has 0 aliphatic carbocycles. The van der Waals surface area contributed by atoms with Gasteiger partial charge in [0.2, 0.25) is 5.91 Å². The zero-order valence-electron chi connectivity index (χ0n) is 9.82. The maximum absolute atomic E-state index is 11.9. The Kier molecular flexibility index (Phi) is 3.38. The third-order valence-corrected chi connectivity index (χ3v) is 3.75. The second-order valence-corrected chi connectivity index (χ2v) is 4.88. The summed E-state index contributed by atoms with van der Waals surface area (Å²) in [6.45, 7) is 2.59. The van der Waals surface area contributed by atoms with Crippen LogP contribution in [-0.4, -0.2) is 36.1 Å².